The van der Waals surface area contributed by atoms with Crippen molar-refractivity contribution in [3.63, 3.8) is 0 Å². The van der Waals surface area contributed by atoms with E-state index < -0.39 is 0 Å². The molecule has 2 heterocycles. The van der Waals surface area contributed by atoms with E-state index in [9.17, 15) is 0 Å². The Kier molecular flexibility index (Phi) is 6.67. The largest absolute Gasteiger partial charge is 0.497 e. The zero-order valence-electron chi connectivity index (χ0n) is 17.6. The second kappa shape index (κ2) is 9.78. The number of aromatic amines is 1. The first kappa shape index (κ1) is 20.4. The van der Waals surface area contributed by atoms with E-state index in [4.69, 9.17) is 14.2 Å². The first-order valence-electron chi connectivity index (χ1n) is 10.3. The van der Waals surface area contributed by atoms with Crippen LogP contribution in [0.4, 0.5) is 0 Å². The van der Waals surface area contributed by atoms with Crippen molar-refractivity contribution in [2.45, 2.75) is 18.4 Å². The summed E-state index contributed by atoms with van der Waals surface area (Å²) >= 11 is 0. The minimum Gasteiger partial charge on any atom is -0.497 e. The summed E-state index contributed by atoms with van der Waals surface area (Å²) in [5, 5.41) is 7.37. The van der Waals surface area contributed by atoms with Crippen molar-refractivity contribution in [2.75, 3.05) is 40.5 Å². The Balaban J connectivity index is 1.45. The maximum atomic E-state index is 5.67. The van der Waals surface area contributed by atoms with Gasteiger partial charge in [-0.1, -0.05) is 24.3 Å². The molecule has 1 aromatic heterocycles. The van der Waals surface area contributed by atoms with Crippen molar-refractivity contribution in [2.24, 2.45) is 0 Å². The van der Waals surface area contributed by atoms with Gasteiger partial charge in [-0.3, -0.25) is 10.00 Å². The van der Waals surface area contributed by atoms with Crippen molar-refractivity contribution in [3.8, 4) is 11.5 Å². The molecular formula is C24H29N3O3. The molecule has 0 spiro atoms. The van der Waals surface area contributed by atoms with Gasteiger partial charge in [0, 0.05) is 50.5 Å². The van der Waals surface area contributed by atoms with Gasteiger partial charge in [-0.25, -0.2) is 0 Å². The zero-order valence-corrected chi connectivity index (χ0v) is 17.6. The summed E-state index contributed by atoms with van der Waals surface area (Å²) in [6, 6.07) is 18.9. The van der Waals surface area contributed by atoms with Gasteiger partial charge in [0.2, 0.25) is 0 Å². The van der Waals surface area contributed by atoms with Crippen LogP contribution in [0.1, 0.15) is 28.7 Å². The predicted molar refractivity (Wildman–Crippen MR) is 116 cm³/mol. The van der Waals surface area contributed by atoms with Crippen LogP contribution in [0.2, 0.25) is 0 Å². The molecule has 1 saturated heterocycles. The lowest BCUT2D eigenvalue weighted by Crippen LogP contribution is -2.20. The lowest BCUT2D eigenvalue weighted by Gasteiger charge is -2.18. The molecule has 6 nitrogen and oxygen atoms in total. The molecule has 2 atom stereocenters. The number of methoxy groups -OCH3 is 2. The maximum Gasteiger partial charge on any atom is 0.119 e. The second-order valence-electron chi connectivity index (χ2n) is 7.68. The summed E-state index contributed by atoms with van der Waals surface area (Å²) in [5.74, 6) is 2.56. The van der Waals surface area contributed by atoms with Crippen LogP contribution in [0, 0.1) is 0 Å². The Hall–Kier alpha value is -2.83. The van der Waals surface area contributed by atoms with Gasteiger partial charge >= 0.3 is 0 Å². The Morgan fingerprint density at radius 3 is 2.30 bits per heavy atom. The molecule has 0 saturated carbocycles. The second-order valence-corrected chi connectivity index (χ2v) is 7.68. The number of likely N-dealkylation sites (tertiary alicyclic amines) is 1. The van der Waals surface area contributed by atoms with Crippen LogP contribution in [-0.2, 0) is 11.3 Å². The zero-order chi connectivity index (χ0) is 20.8. The molecule has 0 radical (unpaired) electrons. The molecule has 158 valence electrons. The average molecular weight is 408 g/mol. The highest BCUT2D eigenvalue weighted by Gasteiger charge is 2.35. The van der Waals surface area contributed by atoms with Crippen LogP contribution in [0.5, 0.6) is 11.5 Å². The molecule has 4 rings (SSSR count). The number of nitrogens with one attached hydrogen (secondary N) is 1. The number of hydrogen-bond donors (Lipinski definition) is 1. The molecule has 0 bridgehead atoms. The summed E-state index contributed by atoms with van der Waals surface area (Å²) in [6.07, 6.45) is 1.84. The molecule has 0 amide bonds. The predicted octanol–water partition coefficient (Wildman–Crippen LogP) is 3.83. The third-order valence-corrected chi connectivity index (χ3v) is 5.75. The maximum absolute atomic E-state index is 5.67. The number of nitrogens with zero attached hydrogens (tertiary/aromatic N) is 2. The molecule has 0 aliphatic carbocycles. The van der Waals surface area contributed by atoms with Crippen LogP contribution >= 0.6 is 0 Å². The van der Waals surface area contributed by atoms with Crippen LogP contribution in [-0.4, -0.2) is 55.6 Å². The molecule has 2 aromatic carbocycles. The fourth-order valence-electron chi connectivity index (χ4n) is 4.18. The third-order valence-electron chi connectivity index (χ3n) is 5.75. The van der Waals surface area contributed by atoms with Crippen molar-refractivity contribution in [3.05, 3.63) is 77.6 Å². The molecule has 6 heteroatoms. The lowest BCUT2D eigenvalue weighted by atomic mass is 9.87. The first-order chi connectivity index (χ1) is 14.8. The van der Waals surface area contributed by atoms with Gasteiger partial charge in [0.05, 0.1) is 13.7 Å². The summed E-state index contributed by atoms with van der Waals surface area (Å²) in [7, 11) is 3.38. The molecule has 1 N–H and O–H groups in total. The number of benzene rings is 2. The number of rotatable bonds is 9. The fraction of sp³-hybridized carbons (Fsp3) is 0.375. The summed E-state index contributed by atoms with van der Waals surface area (Å²) in [6.45, 7) is 4.07. The van der Waals surface area contributed by atoms with Gasteiger partial charge < -0.3 is 14.2 Å². The Morgan fingerprint density at radius 2 is 1.63 bits per heavy atom. The SMILES string of the molecule is COCCOc1ccc(CN2C[C@@H](c3ccc(OC)cc3)[C@H](c3ccn[nH]3)C2)cc1. The molecule has 1 aliphatic rings. The van der Waals surface area contributed by atoms with Gasteiger partial charge in [-0.15, -0.1) is 0 Å². The van der Waals surface area contributed by atoms with E-state index in [-0.39, 0.29) is 0 Å². The van der Waals surface area contributed by atoms with Crippen LogP contribution < -0.4 is 9.47 Å². The van der Waals surface area contributed by atoms with E-state index in [1.54, 1.807) is 14.2 Å². The summed E-state index contributed by atoms with van der Waals surface area (Å²) < 4.78 is 16.0. The smallest absolute Gasteiger partial charge is 0.119 e. The van der Waals surface area contributed by atoms with Gasteiger partial charge in [0.1, 0.15) is 18.1 Å². The average Bonchev–Trinajstić information content (AvgIpc) is 3.45. The molecular weight excluding hydrogens is 378 g/mol. The van der Waals surface area contributed by atoms with Crippen molar-refractivity contribution in [1.29, 1.82) is 0 Å². The third kappa shape index (κ3) is 4.83. The fourth-order valence-corrected chi connectivity index (χ4v) is 4.18. The van der Waals surface area contributed by atoms with E-state index in [2.05, 4.69) is 45.4 Å². The van der Waals surface area contributed by atoms with Crippen molar-refractivity contribution >= 4 is 0 Å². The van der Waals surface area contributed by atoms with Gasteiger partial charge in [0.25, 0.3) is 0 Å². The topological polar surface area (TPSA) is 59.6 Å². The van der Waals surface area contributed by atoms with Gasteiger partial charge in [0.15, 0.2) is 0 Å². The summed E-state index contributed by atoms with van der Waals surface area (Å²) in [5.41, 5.74) is 3.81. The minimum atomic E-state index is 0.387. The monoisotopic (exact) mass is 407 g/mol. The molecule has 1 aliphatic heterocycles. The van der Waals surface area contributed by atoms with Crippen LogP contribution in [0.15, 0.2) is 60.8 Å². The quantitative estimate of drug-likeness (QED) is 0.547. The molecule has 0 unspecified atom stereocenters. The van der Waals surface area contributed by atoms with E-state index in [1.165, 1.54) is 16.8 Å². The molecule has 3 aromatic rings. The normalized spacial score (nSPS) is 19.1. The lowest BCUT2D eigenvalue weighted by molar-refractivity contribution is 0.146. The number of H-pyrrole nitrogens is 1. The highest BCUT2D eigenvalue weighted by molar-refractivity contribution is 5.34. The Labute approximate surface area is 177 Å². The standard InChI is InChI=1S/C24H29N3O3/c1-28-13-14-30-21-7-3-18(4-8-21)15-27-16-22(19-5-9-20(29-2)10-6-19)23(17-27)24-11-12-25-26-24/h3-12,22-23H,13-17H2,1-2H3,(H,25,26)/t22-,23+/m0/s1. The molecule has 1 fully saturated rings. The van der Waals surface area contributed by atoms with Gasteiger partial charge in [-0.2, -0.15) is 5.10 Å². The van der Waals surface area contributed by atoms with Crippen molar-refractivity contribution < 1.29 is 14.2 Å². The van der Waals surface area contributed by atoms with Crippen molar-refractivity contribution in [1.82, 2.24) is 15.1 Å². The number of aromatic nitrogens is 2. The van der Waals surface area contributed by atoms with Crippen LogP contribution in [0.3, 0.4) is 0 Å². The molecule has 30 heavy (non-hydrogen) atoms. The van der Waals surface area contributed by atoms with E-state index in [1.807, 2.05) is 30.5 Å². The summed E-state index contributed by atoms with van der Waals surface area (Å²) in [4.78, 5) is 2.52. The Bertz CT molecular complexity index is 894. The van der Waals surface area contributed by atoms with E-state index in [0.29, 0.717) is 25.0 Å². The van der Waals surface area contributed by atoms with Gasteiger partial charge in [-0.05, 0) is 41.5 Å². The highest BCUT2D eigenvalue weighted by atomic mass is 16.5. The Morgan fingerprint density at radius 1 is 0.900 bits per heavy atom. The highest BCUT2D eigenvalue weighted by Crippen LogP contribution is 2.39. The minimum absolute atomic E-state index is 0.387. The number of ether oxygens (including phenoxy) is 3. The van der Waals surface area contributed by atoms with E-state index in [0.717, 1.165) is 31.1 Å². The van der Waals surface area contributed by atoms with E-state index >= 15 is 0 Å². The number of hydrogen-bond acceptors (Lipinski definition) is 5. The first-order valence-corrected chi connectivity index (χ1v) is 10.3. The van der Waals surface area contributed by atoms with Crippen LogP contribution in [0.25, 0.3) is 0 Å².